The number of anilines is 1. The van der Waals surface area contributed by atoms with Crippen LogP contribution in [-0.4, -0.2) is 52.3 Å². The van der Waals surface area contributed by atoms with Crippen molar-refractivity contribution in [2.24, 2.45) is 0 Å². The molecule has 0 saturated carbocycles. The van der Waals surface area contributed by atoms with Crippen LogP contribution in [0.15, 0.2) is 42.6 Å². The molecule has 0 radical (unpaired) electrons. The van der Waals surface area contributed by atoms with Crippen molar-refractivity contribution in [3.63, 3.8) is 0 Å². The standard InChI is InChI=1S/C21H20Cl2N6OS/c1-29(2)8-9-30-13-6-7-18-16(10-13)26-19(31-18)12-24-21-27-17(11-25-28-21)20-14(22)4-3-5-15(20)23/h3-7,10-11H,8-9,12H2,1-2H3,(H,24,27,28). The minimum absolute atomic E-state index is 0.375. The van der Waals surface area contributed by atoms with E-state index in [0.29, 0.717) is 40.4 Å². The first-order valence-corrected chi connectivity index (χ1v) is 11.1. The highest BCUT2D eigenvalue weighted by Crippen LogP contribution is 2.33. The fourth-order valence-corrected chi connectivity index (χ4v) is 4.34. The fourth-order valence-electron chi connectivity index (χ4n) is 2.86. The van der Waals surface area contributed by atoms with Crippen LogP contribution in [0, 0.1) is 0 Å². The molecule has 0 amide bonds. The molecule has 2 aromatic carbocycles. The van der Waals surface area contributed by atoms with Crippen molar-refractivity contribution < 1.29 is 4.74 Å². The number of aromatic nitrogens is 4. The van der Waals surface area contributed by atoms with E-state index in [-0.39, 0.29) is 0 Å². The number of rotatable bonds is 8. The average molecular weight is 475 g/mol. The normalized spacial score (nSPS) is 11.3. The van der Waals surface area contributed by atoms with Gasteiger partial charge in [-0.25, -0.2) is 9.97 Å². The van der Waals surface area contributed by atoms with E-state index in [1.54, 1.807) is 29.5 Å². The Kier molecular flexibility index (Phi) is 6.82. The van der Waals surface area contributed by atoms with Gasteiger partial charge in [0.1, 0.15) is 17.4 Å². The molecule has 4 aromatic rings. The van der Waals surface area contributed by atoms with Gasteiger partial charge in [-0.2, -0.15) is 5.10 Å². The van der Waals surface area contributed by atoms with Crippen LogP contribution in [0.5, 0.6) is 5.75 Å². The Hall–Kier alpha value is -2.52. The highest BCUT2D eigenvalue weighted by molar-refractivity contribution is 7.18. The predicted octanol–water partition coefficient (Wildman–Crippen LogP) is 5.01. The van der Waals surface area contributed by atoms with Crippen LogP contribution < -0.4 is 10.1 Å². The lowest BCUT2D eigenvalue weighted by atomic mass is 10.1. The third kappa shape index (κ3) is 5.40. The van der Waals surface area contributed by atoms with Gasteiger partial charge in [-0.3, -0.25) is 0 Å². The fraction of sp³-hybridized carbons (Fsp3) is 0.238. The topological polar surface area (TPSA) is 76.1 Å². The molecule has 0 unspecified atom stereocenters. The van der Waals surface area contributed by atoms with Crippen molar-refractivity contribution in [2.75, 3.05) is 32.6 Å². The number of likely N-dealkylation sites (N-methyl/N-ethyl adjacent to an activating group) is 1. The van der Waals surface area contributed by atoms with Crippen LogP contribution in [0.1, 0.15) is 5.01 Å². The maximum absolute atomic E-state index is 6.28. The van der Waals surface area contributed by atoms with Crippen molar-refractivity contribution in [3.05, 3.63) is 57.6 Å². The Morgan fingerprint density at radius 2 is 1.90 bits per heavy atom. The lowest BCUT2D eigenvalue weighted by Crippen LogP contribution is -2.19. The van der Waals surface area contributed by atoms with Crippen LogP contribution in [-0.2, 0) is 6.54 Å². The van der Waals surface area contributed by atoms with Crippen molar-refractivity contribution in [3.8, 4) is 17.0 Å². The first kappa shape index (κ1) is 21.7. The highest BCUT2D eigenvalue weighted by atomic mass is 35.5. The number of nitrogens with one attached hydrogen (secondary N) is 1. The summed E-state index contributed by atoms with van der Waals surface area (Å²) in [5, 5.41) is 13.2. The molecule has 7 nitrogen and oxygen atoms in total. The second-order valence-electron chi connectivity index (χ2n) is 7.00. The first-order valence-electron chi connectivity index (χ1n) is 9.54. The quantitative estimate of drug-likeness (QED) is 0.384. The van der Waals surface area contributed by atoms with Crippen molar-refractivity contribution in [2.45, 2.75) is 6.54 Å². The van der Waals surface area contributed by atoms with Crippen molar-refractivity contribution in [1.29, 1.82) is 0 Å². The van der Waals surface area contributed by atoms with E-state index < -0.39 is 0 Å². The summed E-state index contributed by atoms with van der Waals surface area (Å²) in [5.74, 6) is 1.19. The monoisotopic (exact) mass is 474 g/mol. The Balaban J connectivity index is 1.45. The zero-order chi connectivity index (χ0) is 21.8. The molecule has 0 fully saturated rings. The number of halogens is 2. The van der Waals surface area contributed by atoms with E-state index in [1.807, 2.05) is 32.3 Å². The van der Waals surface area contributed by atoms with Crippen LogP contribution >= 0.6 is 34.5 Å². The molecular formula is C21H20Cl2N6OS. The largest absolute Gasteiger partial charge is 0.492 e. The van der Waals surface area contributed by atoms with Gasteiger partial charge in [-0.15, -0.1) is 16.4 Å². The number of hydrogen-bond donors (Lipinski definition) is 1. The van der Waals surface area contributed by atoms with Crippen LogP contribution in [0.2, 0.25) is 10.0 Å². The Bertz CT molecular complexity index is 1180. The summed E-state index contributed by atoms with van der Waals surface area (Å²) in [5.41, 5.74) is 2.09. The van der Waals surface area contributed by atoms with Gasteiger partial charge in [0, 0.05) is 18.2 Å². The lowest BCUT2D eigenvalue weighted by Gasteiger charge is -2.10. The minimum atomic E-state index is 0.375. The molecule has 0 aliphatic carbocycles. The maximum Gasteiger partial charge on any atom is 0.243 e. The van der Waals surface area contributed by atoms with Gasteiger partial charge < -0.3 is 15.0 Å². The van der Waals surface area contributed by atoms with Crippen molar-refractivity contribution >= 4 is 50.7 Å². The number of nitrogens with zero attached hydrogens (tertiary/aromatic N) is 5. The van der Waals surface area contributed by atoms with Gasteiger partial charge in [-0.1, -0.05) is 29.3 Å². The van der Waals surface area contributed by atoms with Gasteiger partial charge in [-0.05, 0) is 38.4 Å². The number of fused-ring (bicyclic) bond motifs is 1. The van der Waals surface area contributed by atoms with E-state index in [2.05, 4.69) is 30.4 Å². The molecular weight excluding hydrogens is 455 g/mol. The molecule has 0 atom stereocenters. The molecule has 0 bridgehead atoms. The van der Waals surface area contributed by atoms with E-state index in [9.17, 15) is 0 Å². The van der Waals surface area contributed by atoms with E-state index in [1.165, 1.54) is 6.20 Å². The molecule has 0 spiro atoms. The Morgan fingerprint density at radius 1 is 1.10 bits per heavy atom. The van der Waals surface area contributed by atoms with Crippen LogP contribution in [0.4, 0.5) is 5.95 Å². The smallest absolute Gasteiger partial charge is 0.243 e. The Labute approximate surface area is 194 Å². The molecule has 31 heavy (non-hydrogen) atoms. The van der Waals surface area contributed by atoms with Crippen LogP contribution in [0.3, 0.4) is 0 Å². The maximum atomic E-state index is 6.28. The average Bonchev–Trinajstić information content (AvgIpc) is 3.14. The minimum Gasteiger partial charge on any atom is -0.492 e. The number of benzene rings is 2. The molecule has 4 rings (SSSR count). The zero-order valence-electron chi connectivity index (χ0n) is 17.0. The van der Waals surface area contributed by atoms with E-state index in [4.69, 9.17) is 27.9 Å². The summed E-state index contributed by atoms with van der Waals surface area (Å²) < 4.78 is 6.89. The lowest BCUT2D eigenvalue weighted by molar-refractivity contribution is 0.261. The van der Waals surface area contributed by atoms with Gasteiger partial charge >= 0.3 is 0 Å². The molecule has 1 N–H and O–H groups in total. The number of hydrogen-bond acceptors (Lipinski definition) is 8. The molecule has 2 heterocycles. The highest BCUT2D eigenvalue weighted by Gasteiger charge is 2.12. The SMILES string of the molecule is CN(C)CCOc1ccc2sc(CNc3nncc(-c4c(Cl)cccc4Cl)n3)nc2c1. The summed E-state index contributed by atoms with van der Waals surface area (Å²) in [4.78, 5) is 11.3. The number of ether oxygens (including phenoxy) is 1. The molecule has 0 aliphatic heterocycles. The van der Waals surface area contributed by atoms with Gasteiger partial charge in [0.2, 0.25) is 5.95 Å². The third-order valence-corrected chi connectivity index (χ3v) is 6.05. The van der Waals surface area contributed by atoms with E-state index in [0.717, 1.165) is 27.5 Å². The number of thiazole rings is 1. The third-order valence-electron chi connectivity index (χ3n) is 4.39. The first-order chi connectivity index (χ1) is 15.0. The van der Waals surface area contributed by atoms with Crippen molar-refractivity contribution in [1.82, 2.24) is 25.1 Å². The van der Waals surface area contributed by atoms with Gasteiger partial charge in [0.05, 0.1) is 38.7 Å². The summed E-state index contributed by atoms with van der Waals surface area (Å²) in [6.07, 6.45) is 1.54. The molecule has 0 aliphatic rings. The Morgan fingerprint density at radius 3 is 2.68 bits per heavy atom. The van der Waals surface area contributed by atoms with Gasteiger partial charge in [0.25, 0.3) is 0 Å². The van der Waals surface area contributed by atoms with Crippen LogP contribution in [0.25, 0.3) is 21.5 Å². The molecule has 10 heteroatoms. The summed E-state index contributed by atoms with van der Waals surface area (Å²) in [6, 6.07) is 11.3. The molecule has 2 aromatic heterocycles. The second kappa shape index (κ2) is 9.74. The molecule has 160 valence electrons. The summed E-state index contributed by atoms with van der Waals surface area (Å²) in [6.45, 7) is 1.96. The zero-order valence-corrected chi connectivity index (χ0v) is 19.3. The van der Waals surface area contributed by atoms with E-state index >= 15 is 0 Å². The second-order valence-corrected chi connectivity index (χ2v) is 8.93. The predicted molar refractivity (Wildman–Crippen MR) is 126 cm³/mol. The molecule has 0 saturated heterocycles. The summed E-state index contributed by atoms with van der Waals surface area (Å²) in [7, 11) is 4.04. The summed E-state index contributed by atoms with van der Waals surface area (Å²) >= 11 is 14.2. The van der Waals surface area contributed by atoms with Gasteiger partial charge in [0.15, 0.2) is 0 Å².